The lowest BCUT2D eigenvalue weighted by Gasteiger charge is -2.30. The van der Waals surface area contributed by atoms with Gasteiger partial charge in [-0.2, -0.15) is 0 Å². The van der Waals surface area contributed by atoms with E-state index in [-0.39, 0.29) is 10.9 Å². The van der Waals surface area contributed by atoms with Gasteiger partial charge in [0, 0.05) is 30.0 Å². The molecule has 0 saturated carbocycles. The molecular weight excluding hydrogens is 345 g/mol. The fourth-order valence-corrected chi connectivity index (χ4v) is 3.02. The third-order valence-corrected chi connectivity index (χ3v) is 4.74. The fourth-order valence-electron chi connectivity index (χ4n) is 2.64. The molecule has 1 amide bonds. The van der Waals surface area contributed by atoms with Crippen LogP contribution in [0, 0.1) is 0 Å². The van der Waals surface area contributed by atoms with Gasteiger partial charge in [-0.05, 0) is 24.3 Å². The van der Waals surface area contributed by atoms with Gasteiger partial charge >= 0.3 is 0 Å². The first-order chi connectivity index (χ1) is 11.6. The van der Waals surface area contributed by atoms with Crippen molar-refractivity contribution >= 4 is 34.8 Å². The number of carbonyl (C=O) groups excluding carboxylic acids is 1. The van der Waals surface area contributed by atoms with Crippen molar-refractivity contribution in [3.63, 3.8) is 0 Å². The second-order valence-corrected chi connectivity index (χ2v) is 6.36. The molecule has 0 aliphatic carbocycles. The van der Waals surface area contributed by atoms with E-state index in [1.165, 1.54) is 0 Å². The zero-order valence-electron chi connectivity index (χ0n) is 12.9. The van der Waals surface area contributed by atoms with E-state index in [1.54, 1.807) is 23.1 Å². The smallest absolute Gasteiger partial charge is 0.255 e. The predicted molar refractivity (Wildman–Crippen MR) is 98.3 cm³/mol. The molecule has 0 spiro atoms. The van der Waals surface area contributed by atoms with Gasteiger partial charge in [0.05, 0.1) is 22.2 Å². The Morgan fingerprint density at radius 3 is 2.54 bits per heavy atom. The number of benzene rings is 2. The fraction of sp³-hybridized carbons (Fsp3) is 0.167. The Balaban J connectivity index is 1.75. The zero-order chi connectivity index (χ0) is 17.1. The Labute approximate surface area is 150 Å². The molecule has 0 radical (unpaired) electrons. The van der Waals surface area contributed by atoms with E-state index in [4.69, 9.17) is 28.9 Å². The van der Waals surface area contributed by atoms with Crippen molar-refractivity contribution in [1.82, 2.24) is 4.90 Å². The minimum absolute atomic E-state index is 0.163. The summed E-state index contributed by atoms with van der Waals surface area (Å²) in [6, 6.07) is 14.9. The van der Waals surface area contributed by atoms with Gasteiger partial charge in [-0.3, -0.25) is 4.79 Å². The van der Waals surface area contributed by atoms with Gasteiger partial charge in [0.25, 0.3) is 5.91 Å². The summed E-state index contributed by atoms with van der Waals surface area (Å²) in [5.74, 6) is -0.163. The first-order valence-electron chi connectivity index (χ1n) is 7.59. The molecule has 2 aromatic rings. The number of rotatable bonds is 3. The highest BCUT2D eigenvalue weighted by Gasteiger charge is 2.24. The molecule has 1 aliphatic rings. The van der Waals surface area contributed by atoms with Crippen LogP contribution in [0.15, 0.2) is 59.9 Å². The number of para-hydroxylation sites is 1. The number of nitrogens with one attached hydrogen (secondary N) is 1. The highest BCUT2D eigenvalue weighted by atomic mass is 35.5. The lowest BCUT2D eigenvalue weighted by molar-refractivity contribution is 0.0763. The van der Waals surface area contributed by atoms with Crippen molar-refractivity contribution in [3.05, 3.63) is 75.5 Å². The van der Waals surface area contributed by atoms with Crippen molar-refractivity contribution in [2.24, 2.45) is 5.73 Å². The van der Waals surface area contributed by atoms with E-state index in [1.807, 2.05) is 30.3 Å². The number of hydrogen-bond acceptors (Lipinski definition) is 3. The third-order valence-electron chi connectivity index (χ3n) is 3.92. The van der Waals surface area contributed by atoms with Crippen LogP contribution in [0.5, 0.6) is 0 Å². The topological polar surface area (TPSA) is 58.4 Å². The number of hydrogen-bond donors (Lipinski definition) is 2. The van der Waals surface area contributed by atoms with Crippen LogP contribution in [-0.4, -0.2) is 23.9 Å². The number of halogens is 2. The maximum absolute atomic E-state index is 12.7. The summed E-state index contributed by atoms with van der Waals surface area (Å²) in [7, 11) is 0. The lowest BCUT2D eigenvalue weighted by atomic mass is 10.1. The average molecular weight is 362 g/mol. The second kappa shape index (κ2) is 7.16. The largest absolute Gasteiger partial charge is 0.399 e. The van der Waals surface area contributed by atoms with Gasteiger partial charge in [-0.15, -0.1) is 0 Å². The summed E-state index contributed by atoms with van der Waals surface area (Å²) in [6.45, 7) is 0.925. The van der Waals surface area contributed by atoms with Crippen molar-refractivity contribution in [2.45, 2.75) is 6.42 Å². The summed E-state index contributed by atoms with van der Waals surface area (Å²) < 4.78 is 0. The van der Waals surface area contributed by atoms with Crippen molar-refractivity contribution < 1.29 is 4.79 Å². The molecule has 1 heterocycles. The highest BCUT2D eigenvalue weighted by Crippen LogP contribution is 2.28. The van der Waals surface area contributed by atoms with Gasteiger partial charge in [-0.1, -0.05) is 47.5 Å². The number of nitrogens with zero attached hydrogens (tertiary/aromatic N) is 1. The molecule has 1 aliphatic heterocycles. The maximum Gasteiger partial charge on any atom is 0.255 e. The summed E-state index contributed by atoms with van der Waals surface area (Å²) >= 11 is 12.1. The van der Waals surface area contributed by atoms with Crippen LogP contribution in [-0.2, 0) is 0 Å². The predicted octanol–water partition coefficient (Wildman–Crippen LogP) is 4.12. The first-order valence-corrected chi connectivity index (χ1v) is 8.34. The third kappa shape index (κ3) is 3.50. The number of nitrogens with two attached hydrogens (primary N) is 1. The van der Waals surface area contributed by atoms with Crippen LogP contribution >= 0.6 is 23.2 Å². The molecule has 0 aromatic heterocycles. The van der Waals surface area contributed by atoms with Crippen molar-refractivity contribution in [1.29, 1.82) is 0 Å². The van der Waals surface area contributed by atoms with Crippen LogP contribution in [0.2, 0.25) is 10.0 Å². The Morgan fingerprint density at radius 1 is 1.08 bits per heavy atom. The molecule has 0 atom stereocenters. The molecule has 3 N–H and O–H groups in total. The van der Waals surface area contributed by atoms with E-state index < -0.39 is 0 Å². The monoisotopic (exact) mass is 361 g/mol. The Hall–Kier alpha value is -2.17. The Kier molecular flexibility index (Phi) is 4.97. The quantitative estimate of drug-likeness (QED) is 0.864. The minimum atomic E-state index is -0.163. The number of anilines is 1. The Bertz CT molecular complexity index is 790. The van der Waals surface area contributed by atoms with Gasteiger partial charge in [-0.25, -0.2) is 0 Å². The van der Waals surface area contributed by atoms with Crippen LogP contribution in [0.1, 0.15) is 16.8 Å². The molecule has 6 heteroatoms. The standard InChI is InChI=1S/C18H17Cl2N3O/c19-14-8-4-7-13(17(14)20)18(24)23-10-9-16(15(21)11-23)22-12-5-2-1-3-6-12/h1-8,22H,9-11,21H2. The summed E-state index contributed by atoms with van der Waals surface area (Å²) in [5.41, 5.74) is 9.14. The highest BCUT2D eigenvalue weighted by molar-refractivity contribution is 6.43. The van der Waals surface area contributed by atoms with Crippen molar-refractivity contribution in [2.75, 3.05) is 18.4 Å². The van der Waals surface area contributed by atoms with E-state index >= 15 is 0 Å². The van der Waals surface area contributed by atoms with E-state index in [0.717, 1.165) is 11.4 Å². The summed E-state index contributed by atoms with van der Waals surface area (Å²) in [4.78, 5) is 14.4. The van der Waals surface area contributed by atoms with Crippen LogP contribution in [0.25, 0.3) is 0 Å². The van der Waals surface area contributed by atoms with Gasteiger partial charge in [0.2, 0.25) is 0 Å². The molecule has 0 bridgehead atoms. The molecule has 0 saturated heterocycles. The molecule has 0 fully saturated rings. The maximum atomic E-state index is 12.7. The zero-order valence-corrected chi connectivity index (χ0v) is 14.4. The van der Waals surface area contributed by atoms with E-state index in [0.29, 0.717) is 35.8 Å². The first kappa shape index (κ1) is 16.7. The molecule has 2 aromatic carbocycles. The molecule has 4 nitrogen and oxygen atoms in total. The van der Waals surface area contributed by atoms with Gasteiger partial charge in [0.1, 0.15) is 0 Å². The van der Waals surface area contributed by atoms with Crippen LogP contribution in [0.3, 0.4) is 0 Å². The average Bonchev–Trinajstić information content (AvgIpc) is 2.59. The summed E-state index contributed by atoms with van der Waals surface area (Å²) in [5, 5.41) is 3.97. The molecular formula is C18H17Cl2N3O. The van der Waals surface area contributed by atoms with Gasteiger partial charge in [0.15, 0.2) is 0 Å². The van der Waals surface area contributed by atoms with E-state index in [9.17, 15) is 4.79 Å². The summed E-state index contributed by atoms with van der Waals surface area (Å²) in [6.07, 6.45) is 0.657. The SMILES string of the molecule is NC1=C(Nc2ccccc2)CCN(C(=O)c2cccc(Cl)c2Cl)C1. The van der Waals surface area contributed by atoms with Crippen LogP contribution in [0.4, 0.5) is 5.69 Å². The van der Waals surface area contributed by atoms with Crippen molar-refractivity contribution in [3.8, 4) is 0 Å². The van der Waals surface area contributed by atoms with E-state index in [2.05, 4.69) is 5.32 Å². The molecule has 3 rings (SSSR count). The van der Waals surface area contributed by atoms with Crippen LogP contribution < -0.4 is 11.1 Å². The van der Waals surface area contributed by atoms with Gasteiger partial charge < -0.3 is 16.0 Å². The minimum Gasteiger partial charge on any atom is -0.399 e. The molecule has 24 heavy (non-hydrogen) atoms. The Morgan fingerprint density at radius 2 is 1.83 bits per heavy atom. The second-order valence-electron chi connectivity index (χ2n) is 5.57. The molecule has 124 valence electrons. The number of carbonyl (C=O) groups is 1. The lowest BCUT2D eigenvalue weighted by Crippen LogP contribution is -2.40. The normalized spacial score (nSPS) is 14.7. The molecule has 0 unspecified atom stereocenters. The number of amides is 1.